The average molecular weight is 279 g/mol. The van der Waals surface area contributed by atoms with Crippen LogP contribution in [0.3, 0.4) is 0 Å². The zero-order chi connectivity index (χ0) is 12.5. The van der Waals surface area contributed by atoms with Crippen LogP contribution in [-0.2, 0) is 6.54 Å². The van der Waals surface area contributed by atoms with E-state index in [9.17, 15) is 4.79 Å². The second-order valence-corrected chi connectivity index (χ2v) is 6.48. The van der Waals surface area contributed by atoms with Crippen molar-refractivity contribution in [3.05, 3.63) is 39.4 Å². The molecule has 18 heavy (non-hydrogen) atoms. The summed E-state index contributed by atoms with van der Waals surface area (Å²) in [5.74, 6) is -0.835. The molecule has 2 aromatic rings. The van der Waals surface area contributed by atoms with Gasteiger partial charge in [0.1, 0.15) is 4.88 Å². The van der Waals surface area contributed by atoms with Crippen LogP contribution < -0.4 is 4.90 Å². The first kappa shape index (κ1) is 11.7. The Hall–Kier alpha value is -1.33. The molecule has 0 aliphatic heterocycles. The SMILES string of the molecule is O=C(O)c1ccc(N(Cc2cccs2)C2CC2)s1. The summed E-state index contributed by atoms with van der Waals surface area (Å²) >= 11 is 3.12. The van der Waals surface area contributed by atoms with Crippen molar-refractivity contribution in [2.45, 2.75) is 25.4 Å². The van der Waals surface area contributed by atoms with Gasteiger partial charge in [-0.05, 0) is 36.4 Å². The molecule has 0 bridgehead atoms. The van der Waals surface area contributed by atoms with Gasteiger partial charge in [0.25, 0.3) is 0 Å². The molecule has 1 fully saturated rings. The van der Waals surface area contributed by atoms with Crippen molar-refractivity contribution >= 4 is 33.6 Å². The molecule has 94 valence electrons. The molecule has 5 heteroatoms. The van der Waals surface area contributed by atoms with Gasteiger partial charge in [-0.1, -0.05) is 6.07 Å². The number of carbonyl (C=O) groups is 1. The Morgan fingerprint density at radius 3 is 2.78 bits per heavy atom. The van der Waals surface area contributed by atoms with E-state index in [1.54, 1.807) is 17.4 Å². The number of thiophene rings is 2. The quantitative estimate of drug-likeness (QED) is 0.907. The molecular weight excluding hydrogens is 266 g/mol. The molecule has 1 aliphatic rings. The molecule has 3 rings (SSSR count). The van der Waals surface area contributed by atoms with Crippen LogP contribution in [0, 0.1) is 0 Å². The van der Waals surface area contributed by atoms with Gasteiger partial charge < -0.3 is 10.0 Å². The summed E-state index contributed by atoms with van der Waals surface area (Å²) < 4.78 is 0. The predicted molar refractivity (Wildman–Crippen MR) is 74.8 cm³/mol. The molecule has 1 saturated carbocycles. The van der Waals surface area contributed by atoms with Gasteiger partial charge in [-0.2, -0.15) is 0 Å². The zero-order valence-corrected chi connectivity index (χ0v) is 11.3. The summed E-state index contributed by atoms with van der Waals surface area (Å²) in [7, 11) is 0. The van der Waals surface area contributed by atoms with Crippen molar-refractivity contribution in [1.82, 2.24) is 0 Å². The van der Waals surface area contributed by atoms with Gasteiger partial charge in [-0.3, -0.25) is 0 Å². The molecule has 0 aromatic carbocycles. The largest absolute Gasteiger partial charge is 0.477 e. The number of carboxylic acid groups (broad SMARTS) is 1. The fourth-order valence-electron chi connectivity index (χ4n) is 1.94. The van der Waals surface area contributed by atoms with Gasteiger partial charge >= 0.3 is 5.97 Å². The Morgan fingerprint density at radius 1 is 1.39 bits per heavy atom. The second kappa shape index (κ2) is 4.74. The van der Waals surface area contributed by atoms with Crippen LogP contribution in [0.2, 0.25) is 0 Å². The summed E-state index contributed by atoms with van der Waals surface area (Å²) in [6.07, 6.45) is 2.43. The number of anilines is 1. The van der Waals surface area contributed by atoms with E-state index < -0.39 is 5.97 Å². The molecule has 0 atom stereocenters. The van der Waals surface area contributed by atoms with Crippen LogP contribution in [-0.4, -0.2) is 17.1 Å². The van der Waals surface area contributed by atoms with Crippen molar-refractivity contribution in [3.63, 3.8) is 0 Å². The Kier molecular flexibility index (Phi) is 3.09. The molecule has 3 nitrogen and oxygen atoms in total. The van der Waals surface area contributed by atoms with Crippen molar-refractivity contribution in [1.29, 1.82) is 0 Å². The van der Waals surface area contributed by atoms with E-state index in [4.69, 9.17) is 5.11 Å². The molecule has 1 aliphatic carbocycles. The summed E-state index contributed by atoms with van der Waals surface area (Å²) in [6, 6.07) is 8.41. The topological polar surface area (TPSA) is 40.5 Å². The minimum absolute atomic E-state index is 0.418. The monoisotopic (exact) mass is 279 g/mol. The number of hydrogen-bond donors (Lipinski definition) is 1. The van der Waals surface area contributed by atoms with E-state index in [2.05, 4.69) is 22.4 Å². The predicted octanol–water partition coefficient (Wildman–Crippen LogP) is 3.68. The summed E-state index contributed by atoms with van der Waals surface area (Å²) in [5, 5.41) is 12.1. The fourth-order valence-corrected chi connectivity index (χ4v) is 3.56. The molecule has 2 heterocycles. The van der Waals surface area contributed by atoms with Crippen LogP contribution >= 0.6 is 22.7 Å². The highest BCUT2D eigenvalue weighted by Gasteiger charge is 2.30. The normalized spacial score (nSPS) is 14.7. The minimum Gasteiger partial charge on any atom is -0.477 e. The molecule has 0 spiro atoms. The number of nitrogens with zero attached hydrogens (tertiary/aromatic N) is 1. The van der Waals surface area contributed by atoms with Gasteiger partial charge in [0, 0.05) is 10.9 Å². The van der Waals surface area contributed by atoms with Gasteiger partial charge in [0.2, 0.25) is 0 Å². The third-order valence-corrected chi connectivity index (χ3v) is 4.95. The lowest BCUT2D eigenvalue weighted by Crippen LogP contribution is -2.23. The molecule has 0 saturated heterocycles. The third kappa shape index (κ3) is 2.42. The molecular formula is C13H13NO2S2. The van der Waals surface area contributed by atoms with Crippen LogP contribution in [0.4, 0.5) is 5.00 Å². The lowest BCUT2D eigenvalue weighted by Gasteiger charge is -2.21. The van der Waals surface area contributed by atoms with Crippen molar-refractivity contribution < 1.29 is 9.90 Å². The van der Waals surface area contributed by atoms with E-state index in [1.807, 2.05) is 6.07 Å². The maximum Gasteiger partial charge on any atom is 0.345 e. The third-order valence-electron chi connectivity index (χ3n) is 2.98. The van der Waals surface area contributed by atoms with Crippen molar-refractivity contribution in [2.24, 2.45) is 0 Å². The standard InChI is InChI=1S/C13H13NO2S2/c15-13(16)11-5-6-12(18-11)14(9-3-4-9)8-10-2-1-7-17-10/h1-2,5-7,9H,3-4,8H2,(H,15,16). The van der Waals surface area contributed by atoms with Gasteiger partial charge in [0.15, 0.2) is 0 Å². The van der Waals surface area contributed by atoms with Gasteiger partial charge in [-0.25, -0.2) is 4.79 Å². The summed E-state index contributed by atoms with van der Waals surface area (Å²) in [5.41, 5.74) is 0. The van der Waals surface area contributed by atoms with Crippen LogP contribution in [0.25, 0.3) is 0 Å². The van der Waals surface area contributed by atoms with Gasteiger partial charge in [0.05, 0.1) is 11.5 Å². The summed E-state index contributed by atoms with van der Waals surface area (Å²) in [6.45, 7) is 0.891. The van der Waals surface area contributed by atoms with Crippen LogP contribution in [0.5, 0.6) is 0 Å². The van der Waals surface area contributed by atoms with Gasteiger partial charge in [-0.15, -0.1) is 22.7 Å². The van der Waals surface area contributed by atoms with E-state index in [0.29, 0.717) is 10.9 Å². The highest BCUT2D eigenvalue weighted by atomic mass is 32.1. The van der Waals surface area contributed by atoms with E-state index in [0.717, 1.165) is 11.5 Å². The van der Waals surface area contributed by atoms with Crippen molar-refractivity contribution in [2.75, 3.05) is 4.90 Å². The minimum atomic E-state index is -0.835. The number of aromatic carboxylic acids is 1. The molecule has 2 aromatic heterocycles. The fraction of sp³-hybridized carbons (Fsp3) is 0.308. The average Bonchev–Trinajstić information content (AvgIpc) is 2.88. The zero-order valence-electron chi connectivity index (χ0n) is 9.70. The molecule has 0 amide bonds. The first-order valence-corrected chi connectivity index (χ1v) is 7.56. The Morgan fingerprint density at radius 2 is 2.22 bits per heavy atom. The van der Waals surface area contributed by atoms with Crippen molar-refractivity contribution in [3.8, 4) is 0 Å². The van der Waals surface area contributed by atoms with E-state index in [-0.39, 0.29) is 0 Å². The smallest absolute Gasteiger partial charge is 0.345 e. The Bertz CT molecular complexity index is 543. The van der Waals surface area contributed by atoms with E-state index >= 15 is 0 Å². The number of carboxylic acids is 1. The lowest BCUT2D eigenvalue weighted by atomic mass is 10.4. The first-order valence-electron chi connectivity index (χ1n) is 5.86. The van der Waals surface area contributed by atoms with Crippen LogP contribution in [0.1, 0.15) is 27.4 Å². The summed E-state index contributed by atoms with van der Waals surface area (Å²) in [4.78, 5) is 15.0. The molecule has 0 radical (unpaired) electrons. The maximum atomic E-state index is 10.9. The highest BCUT2D eigenvalue weighted by molar-refractivity contribution is 7.17. The highest BCUT2D eigenvalue weighted by Crippen LogP contribution is 2.37. The van der Waals surface area contributed by atoms with E-state index in [1.165, 1.54) is 29.1 Å². The Labute approximate surface area is 113 Å². The first-order chi connectivity index (χ1) is 8.74. The lowest BCUT2D eigenvalue weighted by molar-refractivity contribution is 0.0702. The number of hydrogen-bond acceptors (Lipinski definition) is 4. The van der Waals surface area contributed by atoms with Crippen LogP contribution in [0.15, 0.2) is 29.6 Å². The maximum absolute atomic E-state index is 10.9. The number of rotatable bonds is 5. The molecule has 0 unspecified atom stereocenters. The second-order valence-electron chi connectivity index (χ2n) is 4.38. The Balaban J connectivity index is 1.82. The molecule has 1 N–H and O–H groups in total.